The molecule has 114 valence electrons. The minimum absolute atomic E-state index is 0.0949. The molecule has 0 saturated carbocycles. The molecular formula is C14H19N3O3S. The number of rotatable bonds is 4. The number of nitrogens with one attached hydrogen (secondary N) is 2. The van der Waals surface area contributed by atoms with Crippen LogP contribution in [0.15, 0.2) is 18.2 Å². The number of anilines is 1. The van der Waals surface area contributed by atoms with E-state index in [4.69, 9.17) is 0 Å². The van der Waals surface area contributed by atoms with E-state index in [2.05, 4.69) is 10.6 Å². The number of sulfonamides is 1. The van der Waals surface area contributed by atoms with Crippen molar-refractivity contribution in [3.05, 3.63) is 29.3 Å². The van der Waals surface area contributed by atoms with Gasteiger partial charge in [0.1, 0.15) is 0 Å². The molecule has 2 N–H and O–H groups in total. The smallest absolute Gasteiger partial charge is 0.251 e. The molecule has 1 aromatic rings. The summed E-state index contributed by atoms with van der Waals surface area (Å²) in [5.74, 6) is 0.423. The van der Waals surface area contributed by atoms with Crippen molar-refractivity contribution >= 4 is 21.6 Å². The van der Waals surface area contributed by atoms with Crippen molar-refractivity contribution < 1.29 is 13.2 Å². The Labute approximate surface area is 124 Å². The van der Waals surface area contributed by atoms with Crippen LogP contribution in [0, 0.1) is 5.92 Å². The van der Waals surface area contributed by atoms with Gasteiger partial charge in [0.05, 0.1) is 11.9 Å². The van der Waals surface area contributed by atoms with E-state index in [1.165, 1.54) is 10.6 Å². The van der Waals surface area contributed by atoms with Gasteiger partial charge in [0.2, 0.25) is 10.0 Å². The van der Waals surface area contributed by atoms with Crippen LogP contribution < -0.4 is 14.9 Å². The second-order valence-electron chi connectivity index (χ2n) is 5.66. The summed E-state index contributed by atoms with van der Waals surface area (Å²) >= 11 is 0. The second-order valence-corrected chi connectivity index (χ2v) is 7.57. The molecule has 0 aliphatic carbocycles. The van der Waals surface area contributed by atoms with Gasteiger partial charge in [-0.1, -0.05) is 0 Å². The first-order chi connectivity index (χ1) is 9.95. The summed E-state index contributed by atoms with van der Waals surface area (Å²) < 4.78 is 24.7. The number of benzene rings is 1. The van der Waals surface area contributed by atoms with Crippen LogP contribution in [0.4, 0.5) is 5.69 Å². The van der Waals surface area contributed by atoms with Crippen LogP contribution in [-0.2, 0) is 16.4 Å². The number of amides is 1. The van der Waals surface area contributed by atoms with Gasteiger partial charge >= 0.3 is 0 Å². The van der Waals surface area contributed by atoms with Gasteiger partial charge in [-0.05, 0) is 30.2 Å². The Morgan fingerprint density at radius 3 is 2.81 bits per heavy atom. The second kappa shape index (κ2) is 5.31. The quantitative estimate of drug-likeness (QED) is 0.818. The number of carbonyl (C=O) groups excluding carboxylic acids is 1. The fourth-order valence-electron chi connectivity index (χ4n) is 2.69. The first-order valence-corrected chi connectivity index (χ1v) is 8.89. The van der Waals surface area contributed by atoms with E-state index >= 15 is 0 Å². The summed E-state index contributed by atoms with van der Waals surface area (Å²) in [5.41, 5.74) is 2.20. The van der Waals surface area contributed by atoms with Crippen molar-refractivity contribution in [3.8, 4) is 0 Å². The monoisotopic (exact) mass is 309 g/mol. The topological polar surface area (TPSA) is 78.5 Å². The molecule has 2 aliphatic heterocycles. The molecule has 6 nitrogen and oxygen atoms in total. The molecule has 0 atom stereocenters. The van der Waals surface area contributed by atoms with Gasteiger partial charge in [-0.15, -0.1) is 0 Å². The van der Waals surface area contributed by atoms with Gasteiger partial charge < -0.3 is 10.6 Å². The maximum atomic E-state index is 12.1. The third-order valence-electron chi connectivity index (χ3n) is 4.01. The lowest BCUT2D eigenvalue weighted by Crippen LogP contribution is -2.48. The number of fused-ring (bicyclic) bond motifs is 1. The Hall–Kier alpha value is -1.60. The van der Waals surface area contributed by atoms with E-state index in [9.17, 15) is 13.2 Å². The fraction of sp³-hybridized carbons (Fsp3) is 0.500. The molecule has 1 amide bonds. The molecule has 3 rings (SSSR count). The molecule has 21 heavy (non-hydrogen) atoms. The zero-order chi connectivity index (χ0) is 15.0. The number of nitrogens with zero attached hydrogens (tertiary/aromatic N) is 1. The van der Waals surface area contributed by atoms with Crippen LogP contribution >= 0.6 is 0 Å². The van der Waals surface area contributed by atoms with Crippen LogP contribution in [0.1, 0.15) is 15.9 Å². The van der Waals surface area contributed by atoms with Gasteiger partial charge in [0.15, 0.2) is 0 Å². The van der Waals surface area contributed by atoms with E-state index in [0.717, 1.165) is 18.7 Å². The first-order valence-electron chi connectivity index (χ1n) is 7.05. The van der Waals surface area contributed by atoms with Crippen molar-refractivity contribution in [2.24, 2.45) is 5.92 Å². The normalized spacial score (nSPS) is 18.2. The third-order valence-corrected chi connectivity index (χ3v) is 5.19. The Kier molecular flexibility index (Phi) is 3.62. The van der Waals surface area contributed by atoms with E-state index in [1.54, 1.807) is 18.2 Å². The predicted molar refractivity (Wildman–Crippen MR) is 81.0 cm³/mol. The van der Waals surface area contributed by atoms with E-state index < -0.39 is 10.0 Å². The molecule has 1 saturated heterocycles. The van der Waals surface area contributed by atoms with Crippen LogP contribution in [0.3, 0.4) is 0 Å². The standard InChI is InChI=1S/C14H19N3O3S/c1-21(19,20)17-5-4-11-6-12(2-3-13(11)17)14(18)16-9-10-7-15-8-10/h2-3,6,10,15H,4-5,7-9H2,1H3,(H,16,18). The summed E-state index contributed by atoms with van der Waals surface area (Å²) in [7, 11) is -3.24. The molecule has 2 aliphatic rings. The van der Waals surface area contributed by atoms with Gasteiger partial charge in [0.25, 0.3) is 5.91 Å². The van der Waals surface area contributed by atoms with Crippen LogP contribution in [0.2, 0.25) is 0 Å². The molecule has 0 aromatic heterocycles. The molecule has 1 aromatic carbocycles. The lowest BCUT2D eigenvalue weighted by molar-refractivity contribution is 0.0942. The fourth-order valence-corrected chi connectivity index (χ4v) is 3.65. The molecule has 2 heterocycles. The molecule has 0 bridgehead atoms. The van der Waals surface area contributed by atoms with Crippen molar-refractivity contribution in [1.82, 2.24) is 10.6 Å². The van der Waals surface area contributed by atoms with Crippen molar-refractivity contribution in [2.75, 3.05) is 36.7 Å². The van der Waals surface area contributed by atoms with E-state index in [0.29, 0.717) is 36.7 Å². The Morgan fingerprint density at radius 2 is 2.19 bits per heavy atom. The van der Waals surface area contributed by atoms with Crippen molar-refractivity contribution in [2.45, 2.75) is 6.42 Å². The Morgan fingerprint density at radius 1 is 1.43 bits per heavy atom. The molecule has 0 unspecified atom stereocenters. The predicted octanol–water partition coefficient (Wildman–Crippen LogP) is -0.0421. The Balaban J connectivity index is 1.73. The van der Waals surface area contributed by atoms with Crippen molar-refractivity contribution in [3.63, 3.8) is 0 Å². The number of carbonyl (C=O) groups is 1. The summed E-state index contributed by atoms with van der Waals surface area (Å²) in [4.78, 5) is 12.1. The summed E-state index contributed by atoms with van der Waals surface area (Å²) in [5, 5.41) is 6.09. The van der Waals surface area contributed by atoms with Crippen molar-refractivity contribution in [1.29, 1.82) is 0 Å². The Bertz CT molecular complexity index is 668. The summed E-state index contributed by atoms with van der Waals surface area (Å²) in [6, 6.07) is 5.22. The highest BCUT2D eigenvalue weighted by atomic mass is 32.2. The third kappa shape index (κ3) is 2.89. The average molecular weight is 309 g/mol. The van der Waals surface area contributed by atoms with Gasteiger partial charge in [-0.25, -0.2) is 8.42 Å². The van der Waals surface area contributed by atoms with E-state index in [1.807, 2.05) is 0 Å². The largest absolute Gasteiger partial charge is 0.352 e. The average Bonchev–Trinajstić information content (AvgIpc) is 2.79. The van der Waals surface area contributed by atoms with Crippen LogP contribution in [0.25, 0.3) is 0 Å². The number of hydrogen-bond acceptors (Lipinski definition) is 4. The van der Waals surface area contributed by atoms with E-state index in [-0.39, 0.29) is 5.91 Å². The molecular weight excluding hydrogens is 290 g/mol. The summed E-state index contributed by atoms with van der Waals surface area (Å²) in [6.45, 7) is 3.03. The first kappa shape index (κ1) is 14.3. The minimum atomic E-state index is -3.24. The highest BCUT2D eigenvalue weighted by Gasteiger charge is 2.27. The SMILES string of the molecule is CS(=O)(=O)N1CCc2cc(C(=O)NCC3CNC3)ccc21. The zero-order valence-corrected chi connectivity index (χ0v) is 12.7. The zero-order valence-electron chi connectivity index (χ0n) is 11.9. The van der Waals surface area contributed by atoms with Gasteiger partial charge in [0, 0.05) is 37.7 Å². The molecule has 0 radical (unpaired) electrons. The van der Waals surface area contributed by atoms with Crippen LogP contribution in [0.5, 0.6) is 0 Å². The van der Waals surface area contributed by atoms with Gasteiger partial charge in [-0.3, -0.25) is 9.10 Å². The highest BCUT2D eigenvalue weighted by Crippen LogP contribution is 2.30. The lowest BCUT2D eigenvalue weighted by Gasteiger charge is -2.27. The molecule has 0 spiro atoms. The molecule has 1 fully saturated rings. The minimum Gasteiger partial charge on any atom is -0.352 e. The van der Waals surface area contributed by atoms with Gasteiger partial charge in [-0.2, -0.15) is 0 Å². The van der Waals surface area contributed by atoms with Crippen LogP contribution in [-0.4, -0.2) is 46.8 Å². The molecule has 7 heteroatoms. The highest BCUT2D eigenvalue weighted by molar-refractivity contribution is 7.92. The maximum Gasteiger partial charge on any atom is 0.251 e. The lowest BCUT2D eigenvalue weighted by atomic mass is 10.0. The maximum absolute atomic E-state index is 12.1. The summed E-state index contributed by atoms with van der Waals surface area (Å²) in [6.07, 6.45) is 1.85. The number of hydrogen-bond donors (Lipinski definition) is 2.